The fraction of sp³-hybridized carbons (Fsp3) is 0.750. The van der Waals surface area contributed by atoms with Crippen molar-refractivity contribution >= 4 is 29.7 Å². The molecule has 0 aliphatic carbocycles. The predicted octanol–water partition coefficient (Wildman–Crippen LogP) is -9.13. The summed E-state index contributed by atoms with van der Waals surface area (Å²) in [5.74, 6) is -6.70. The van der Waals surface area contributed by atoms with Gasteiger partial charge in [-0.1, -0.05) is 58.3 Å². The molecule has 0 amide bonds. The summed E-state index contributed by atoms with van der Waals surface area (Å²) < 4.78 is 0. The first kappa shape index (κ1) is 40.5. The van der Waals surface area contributed by atoms with Gasteiger partial charge in [0.2, 0.25) is 0 Å². The molecule has 13 heteroatoms. The molecule has 0 fully saturated rings. The SMILES string of the molecule is CCCCCCCCCCCC([O-])=NC(CC([O-])=NC(CC(=O)[O-])C(=O)O)C(=O)O.[Na+].[Na+].[Na+]. The fourth-order valence-electron chi connectivity index (χ4n) is 2.75. The van der Waals surface area contributed by atoms with Crippen molar-refractivity contribution < 1.29 is 129 Å². The molecule has 0 saturated carbocycles. The minimum atomic E-state index is -1.88. The first-order valence-electron chi connectivity index (χ1n) is 10.3. The third-order valence-electron chi connectivity index (χ3n) is 4.39. The molecule has 0 aliphatic rings. The molecule has 0 rings (SSSR count). The van der Waals surface area contributed by atoms with Crippen LogP contribution in [0.1, 0.15) is 84.0 Å². The van der Waals surface area contributed by atoms with Crippen LogP contribution in [-0.2, 0) is 14.4 Å². The van der Waals surface area contributed by atoms with Crippen LogP contribution in [0, 0.1) is 0 Å². The molecule has 0 aromatic rings. The zero-order valence-corrected chi connectivity index (χ0v) is 26.4. The third-order valence-corrected chi connectivity index (χ3v) is 4.39. The molecule has 33 heavy (non-hydrogen) atoms. The summed E-state index contributed by atoms with van der Waals surface area (Å²) in [6.45, 7) is 2.16. The Kier molecular flexibility index (Phi) is 31.2. The number of carbonyl (C=O) groups excluding carboxylic acids is 1. The molecule has 2 N–H and O–H groups in total. The topological polar surface area (TPSA) is 186 Å². The zero-order valence-electron chi connectivity index (χ0n) is 20.4. The predicted molar refractivity (Wildman–Crippen MR) is 104 cm³/mol. The molecule has 0 aliphatic heterocycles. The second-order valence-corrected chi connectivity index (χ2v) is 7.11. The Morgan fingerprint density at radius 1 is 0.667 bits per heavy atom. The van der Waals surface area contributed by atoms with Crippen LogP contribution < -0.4 is 104 Å². The standard InChI is InChI=1S/C20H34N2O8.3Na/c1-2-3-4-5-6-7-8-9-10-11-16(23)21-14(19(27)28)12-17(24)22-15(20(29)30)13-18(25)26;;;/h14-15H,2-13H2,1H3,(H,21,23)(H,22,24)(H,25,26)(H,27,28)(H,29,30);;;/q;3*+1/p-3. The van der Waals surface area contributed by atoms with Crippen molar-refractivity contribution in [1.82, 2.24) is 0 Å². The van der Waals surface area contributed by atoms with Crippen LogP contribution in [0.25, 0.3) is 0 Å². The molecule has 0 aromatic heterocycles. The van der Waals surface area contributed by atoms with E-state index < -0.39 is 54.6 Å². The average molecular weight is 496 g/mol. The Labute approximate surface area is 261 Å². The van der Waals surface area contributed by atoms with Gasteiger partial charge in [0.25, 0.3) is 0 Å². The van der Waals surface area contributed by atoms with Gasteiger partial charge in [0.05, 0.1) is 0 Å². The summed E-state index contributed by atoms with van der Waals surface area (Å²) in [5.41, 5.74) is 0. The average Bonchev–Trinajstić information content (AvgIpc) is 2.65. The van der Waals surface area contributed by atoms with E-state index >= 15 is 0 Å². The molecule has 0 heterocycles. The molecule has 0 saturated heterocycles. The summed E-state index contributed by atoms with van der Waals surface area (Å²) >= 11 is 0. The number of unbranched alkanes of at least 4 members (excludes halogenated alkanes) is 8. The van der Waals surface area contributed by atoms with E-state index in [2.05, 4.69) is 16.9 Å². The number of carboxylic acid groups (broad SMARTS) is 3. The first-order chi connectivity index (χ1) is 14.2. The van der Waals surface area contributed by atoms with Crippen molar-refractivity contribution in [3.8, 4) is 0 Å². The number of hydrogen-bond acceptors (Lipinski definition) is 8. The van der Waals surface area contributed by atoms with Crippen molar-refractivity contribution in [3.63, 3.8) is 0 Å². The van der Waals surface area contributed by atoms with Gasteiger partial charge in [-0.15, -0.1) is 0 Å². The van der Waals surface area contributed by atoms with Crippen molar-refractivity contribution in [2.24, 2.45) is 9.98 Å². The summed E-state index contributed by atoms with van der Waals surface area (Å²) in [4.78, 5) is 39.3. The molecule has 0 bridgehead atoms. The second kappa shape index (κ2) is 25.4. The number of aliphatic carboxylic acids is 3. The van der Waals surface area contributed by atoms with Gasteiger partial charge in [-0.25, -0.2) is 9.59 Å². The van der Waals surface area contributed by atoms with E-state index in [0.717, 1.165) is 25.7 Å². The monoisotopic (exact) mass is 496 g/mol. The number of hydrogen-bond donors (Lipinski definition) is 2. The van der Waals surface area contributed by atoms with Gasteiger partial charge in [0.15, 0.2) is 12.1 Å². The van der Waals surface area contributed by atoms with Crippen molar-refractivity contribution in [3.05, 3.63) is 0 Å². The normalized spacial score (nSPS) is 13.0. The summed E-state index contributed by atoms with van der Waals surface area (Å²) in [5, 5.41) is 52.1. The van der Waals surface area contributed by atoms with E-state index in [1.807, 2.05) is 0 Å². The molecular formula is C20H31N2Na3O8. The van der Waals surface area contributed by atoms with Gasteiger partial charge in [0, 0.05) is 18.8 Å². The number of nitrogens with zero attached hydrogens (tertiary/aromatic N) is 2. The molecule has 0 aromatic carbocycles. The van der Waals surface area contributed by atoms with E-state index in [1.54, 1.807) is 0 Å². The minimum absolute atomic E-state index is 0. The van der Waals surface area contributed by atoms with Crippen LogP contribution in [0.2, 0.25) is 0 Å². The number of carboxylic acids is 3. The Morgan fingerprint density at radius 3 is 1.48 bits per heavy atom. The van der Waals surface area contributed by atoms with Crippen LogP contribution in [0.4, 0.5) is 0 Å². The first-order valence-corrected chi connectivity index (χ1v) is 10.3. The smallest absolute Gasteiger partial charge is 0.862 e. The van der Waals surface area contributed by atoms with Crippen molar-refractivity contribution in [2.45, 2.75) is 96.1 Å². The van der Waals surface area contributed by atoms with E-state index in [0.29, 0.717) is 6.42 Å². The number of rotatable bonds is 18. The molecule has 2 atom stereocenters. The quantitative estimate of drug-likeness (QED) is 0.0810. The minimum Gasteiger partial charge on any atom is -0.862 e. The summed E-state index contributed by atoms with van der Waals surface area (Å²) in [6, 6.07) is -3.57. The second-order valence-electron chi connectivity index (χ2n) is 7.11. The van der Waals surface area contributed by atoms with E-state index in [9.17, 15) is 29.7 Å². The van der Waals surface area contributed by atoms with Gasteiger partial charge < -0.3 is 30.3 Å². The number of aliphatic imine (C=N–C) groups is 2. The van der Waals surface area contributed by atoms with E-state index in [-0.39, 0.29) is 95.1 Å². The van der Waals surface area contributed by atoms with Gasteiger partial charge in [0.1, 0.15) is 0 Å². The molecule has 2 unspecified atom stereocenters. The van der Waals surface area contributed by atoms with Gasteiger partial charge in [-0.3, -0.25) is 9.98 Å². The zero-order chi connectivity index (χ0) is 22.9. The largest absolute Gasteiger partial charge is 1.00 e. The Balaban J connectivity index is -0.00000140. The number of carbonyl (C=O) groups is 3. The van der Waals surface area contributed by atoms with Crippen LogP contribution >= 0.6 is 0 Å². The summed E-state index contributed by atoms with van der Waals surface area (Å²) in [6.07, 6.45) is 7.69. The van der Waals surface area contributed by atoms with Crippen molar-refractivity contribution in [2.75, 3.05) is 0 Å². The Morgan fingerprint density at radius 2 is 1.06 bits per heavy atom. The van der Waals surface area contributed by atoms with Crippen LogP contribution in [0.5, 0.6) is 0 Å². The molecule has 10 nitrogen and oxygen atoms in total. The van der Waals surface area contributed by atoms with Gasteiger partial charge >= 0.3 is 101 Å². The fourth-order valence-corrected chi connectivity index (χ4v) is 2.75. The Bertz CT molecular complexity index is 618. The molecule has 0 radical (unpaired) electrons. The molecular weight excluding hydrogens is 465 g/mol. The Hall–Kier alpha value is 0.350. The maximum Gasteiger partial charge on any atom is 1.00 e. The van der Waals surface area contributed by atoms with Gasteiger partial charge in [-0.05, 0) is 24.6 Å². The summed E-state index contributed by atoms with van der Waals surface area (Å²) in [7, 11) is 0. The van der Waals surface area contributed by atoms with Crippen LogP contribution in [-0.4, -0.2) is 52.0 Å². The van der Waals surface area contributed by atoms with E-state index in [1.165, 1.54) is 25.7 Å². The maximum atomic E-state index is 11.9. The van der Waals surface area contributed by atoms with Gasteiger partial charge in [-0.2, -0.15) is 0 Å². The van der Waals surface area contributed by atoms with E-state index in [4.69, 9.17) is 10.2 Å². The molecule has 0 spiro atoms. The van der Waals surface area contributed by atoms with Crippen molar-refractivity contribution in [1.29, 1.82) is 0 Å². The molecule has 172 valence electrons. The third kappa shape index (κ3) is 23.8. The van der Waals surface area contributed by atoms with Crippen LogP contribution in [0.15, 0.2) is 9.98 Å². The maximum absolute atomic E-state index is 11.9. The van der Waals surface area contributed by atoms with Crippen LogP contribution in [0.3, 0.4) is 0 Å².